The van der Waals surface area contributed by atoms with Crippen LogP contribution in [-0.2, 0) is 16.1 Å². The Bertz CT molecular complexity index is 907. The van der Waals surface area contributed by atoms with E-state index in [2.05, 4.69) is 20.3 Å². The first-order chi connectivity index (χ1) is 13.1. The van der Waals surface area contributed by atoms with Gasteiger partial charge in [0.2, 0.25) is 11.9 Å². The number of nitrogen functional groups attached to an aromatic ring is 1. The maximum atomic E-state index is 12.8. The quantitative estimate of drug-likeness (QED) is 0.611. The molecule has 0 saturated heterocycles. The van der Waals surface area contributed by atoms with Crippen LogP contribution in [0, 0.1) is 5.82 Å². The largest absolute Gasteiger partial charge is 0.482 e. The number of nitrogens with two attached hydrogens (primary N) is 1. The van der Waals surface area contributed by atoms with Gasteiger partial charge in [-0.1, -0.05) is 18.2 Å². The van der Waals surface area contributed by atoms with Gasteiger partial charge in [-0.2, -0.15) is 15.0 Å². The lowest BCUT2D eigenvalue weighted by Gasteiger charge is -2.08. The molecule has 0 aliphatic heterocycles. The number of hydrogen-bond acceptors (Lipinski definition) is 8. The van der Waals surface area contributed by atoms with Crippen molar-refractivity contribution in [3.05, 3.63) is 66.2 Å². The van der Waals surface area contributed by atoms with Gasteiger partial charge in [0.05, 0.1) is 0 Å². The molecule has 0 aliphatic carbocycles. The molecule has 138 valence electrons. The van der Waals surface area contributed by atoms with Crippen molar-refractivity contribution in [2.45, 2.75) is 6.61 Å². The highest BCUT2D eigenvalue weighted by Gasteiger charge is 2.09. The topological polar surface area (TPSA) is 112 Å². The maximum Gasteiger partial charge on any atom is 0.344 e. The van der Waals surface area contributed by atoms with Crippen molar-refractivity contribution >= 4 is 23.6 Å². The van der Waals surface area contributed by atoms with E-state index in [1.165, 1.54) is 24.3 Å². The van der Waals surface area contributed by atoms with Crippen molar-refractivity contribution in [1.29, 1.82) is 0 Å². The van der Waals surface area contributed by atoms with Crippen molar-refractivity contribution in [3.8, 4) is 5.75 Å². The van der Waals surface area contributed by atoms with Crippen LogP contribution in [0.15, 0.2) is 54.6 Å². The molecule has 27 heavy (non-hydrogen) atoms. The molecule has 0 aliphatic rings. The molecule has 0 saturated carbocycles. The number of carbonyl (C=O) groups excluding carboxylic acids is 1. The number of aromatic nitrogens is 3. The second-order valence-corrected chi connectivity index (χ2v) is 5.33. The summed E-state index contributed by atoms with van der Waals surface area (Å²) in [6.45, 7) is -0.525. The van der Waals surface area contributed by atoms with Crippen molar-refractivity contribution < 1.29 is 18.7 Å². The van der Waals surface area contributed by atoms with Gasteiger partial charge in [-0.05, 0) is 36.4 Å². The highest BCUT2D eigenvalue weighted by atomic mass is 19.1. The number of nitrogens with zero attached hydrogens (tertiary/aromatic N) is 3. The zero-order chi connectivity index (χ0) is 19.1. The van der Waals surface area contributed by atoms with Crippen LogP contribution in [0.4, 0.5) is 22.0 Å². The molecule has 0 unspecified atom stereocenters. The van der Waals surface area contributed by atoms with E-state index in [1.807, 2.05) is 30.3 Å². The molecule has 9 heteroatoms. The molecule has 3 aromatic rings. The summed E-state index contributed by atoms with van der Waals surface area (Å²) in [6.07, 6.45) is 0. The molecular formula is C18H16FN5O3. The highest BCUT2D eigenvalue weighted by molar-refractivity contribution is 5.71. The fraction of sp³-hybridized carbons (Fsp3) is 0.111. The number of ether oxygens (including phenoxy) is 2. The Labute approximate surface area is 154 Å². The lowest BCUT2D eigenvalue weighted by molar-refractivity contribution is -0.147. The van der Waals surface area contributed by atoms with Gasteiger partial charge < -0.3 is 20.5 Å². The molecule has 1 heterocycles. The Morgan fingerprint density at radius 2 is 1.78 bits per heavy atom. The fourth-order valence-electron chi connectivity index (χ4n) is 2.07. The molecule has 0 fully saturated rings. The van der Waals surface area contributed by atoms with Crippen molar-refractivity contribution in [2.24, 2.45) is 0 Å². The smallest absolute Gasteiger partial charge is 0.344 e. The predicted molar refractivity (Wildman–Crippen MR) is 95.7 cm³/mol. The van der Waals surface area contributed by atoms with Crippen LogP contribution in [0.25, 0.3) is 0 Å². The summed E-state index contributed by atoms with van der Waals surface area (Å²) in [7, 11) is 0. The number of esters is 1. The fourth-order valence-corrected chi connectivity index (χ4v) is 2.07. The molecular weight excluding hydrogens is 353 g/mol. The van der Waals surface area contributed by atoms with Gasteiger partial charge in [-0.15, -0.1) is 0 Å². The van der Waals surface area contributed by atoms with Crippen molar-refractivity contribution in [2.75, 3.05) is 17.7 Å². The van der Waals surface area contributed by atoms with Gasteiger partial charge in [0.15, 0.2) is 19.0 Å². The molecule has 0 amide bonds. The maximum absolute atomic E-state index is 12.8. The van der Waals surface area contributed by atoms with Crippen LogP contribution >= 0.6 is 0 Å². The summed E-state index contributed by atoms with van der Waals surface area (Å²) >= 11 is 0. The van der Waals surface area contributed by atoms with E-state index in [-0.39, 0.29) is 30.9 Å². The van der Waals surface area contributed by atoms with Gasteiger partial charge in [0.25, 0.3) is 0 Å². The minimum atomic E-state index is -0.629. The number of benzene rings is 2. The van der Waals surface area contributed by atoms with Crippen LogP contribution in [-0.4, -0.2) is 27.5 Å². The van der Waals surface area contributed by atoms with Crippen LogP contribution in [0.2, 0.25) is 0 Å². The first-order valence-electron chi connectivity index (χ1n) is 7.95. The average Bonchev–Trinajstić information content (AvgIpc) is 2.66. The molecule has 8 nitrogen and oxygen atoms in total. The number of carbonyl (C=O) groups is 1. The summed E-state index contributed by atoms with van der Waals surface area (Å²) in [5, 5.41) is 2.99. The lowest BCUT2D eigenvalue weighted by atomic mass is 10.3. The van der Waals surface area contributed by atoms with Crippen molar-refractivity contribution in [3.63, 3.8) is 0 Å². The zero-order valence-electron chi connectivity index (χ0n) is 14.1. The van der Waals surface area contributed by atoms with Crippen LogP contribution < -0.4 is 15.8 Å². The number of nitrogens with one attached hydrogen (secondary N) is 1. The van der Waals surface area contributed by atoms with Crippen LogP contribution in [0.5, 0.6) is 5.75 Å². The molecule has 0 bridgehead atoms. The highest BCUT2D eigenvalue weighted by Crippen LogP contribution is 2.13. The Kier molecular flexibility index (Phi) is 5.73. The third-order valence-corrected chi connectivity index (χ3v) is 3.26. The van der Waals surface area contributed by atoms with Crippen LogP contribution in [0.3, 0.4) is 0 Å². The Morgan fingerprint density at radius 1 is 1.04 bits per heavy atom. The summed E-state index contributed by atoms with van der Waals surface area (Å²) in [6, 6.07) is 14.6. The zero-order valence-corrected chi connectivity index (χ0v) is 14.1. The van der Waals surface area contributed by atoms with Gasteiger partial charge in [0, 0.05) is 5.69 Å². The first kappa shape index (κ1) is 18.1. The van der Waals surface area contributed by atoms with E-state index in [0.29, 0.717) is 5.75 Å². The molecule has 3 rings (SSSR count). The lowest BCUT2D eigenvalue weighted by Crippen LogP contribution is -2.16. The molecule has 1 aromatic heterocycles. The monoisotopic (exact) mass is 369 g/mol. The van der Waals surface area contributed by atoms with E-state index in [4.69, 9.17) is 15.2 Å². The Hall–Kier alpha value is -3.75. The number of hydrogen-bond donors (Lipinski definition) is 2. The number of halogens is 1. The summed E-state index contributed by atoms with van der Waals surface area (Å²) in [5.41, 5.74) is 6.44. The predicted octanol–water partition coefficient (Wildman–Crippen LogP) is 2.46. The van der Waals surface area contributed by atoms with Gasteiger partial charge in [-0.25, -0.2) is 9.18 Å². The SMILES string of the molecule is Nc1nc(COC(=O)COc2ccc(F)cc2)nc(Nc2ccccc2)n1. The molecule has 0 radical (unpaired) electrons. The number of para-hydroxylation sites is 1. The van der Waals surface area contributed by atoms with Gasteiger partial charge in [0.1, 0.15) is 11.6 Å². The summed E-state index contributed by atoms with van der Waals surface area (Å²) in [4.78, 5) is 23.9. The normalized spacial score (nSPS) is 10.3. The molecule has 3 N–H and O–H groups in total. The standard InChI is InChI=1S/C18H16FN5O3/c19-12-6-8-14(9-7-12)26-11-16(25)27-10-15-22-17(20)24-18(23-15)21-13-4-2-1-3-5-13/h1-9H,10-11H2,(H3,20,21,22,23,24). The minimum absolute atomic E-state index is 0.00274. The van der Waals surface area contributed by atoms with E-state index in [0.717, 1.165) is 5.69 Å². The summed E-state index contributed by atoms with van der Waals surface area (Å²) < 4.78 is 23.1. The summed E-state index contributed by atoms with van der Waals surface area (Å²) in [5.74, 6) is -0.240. The van der Waals surface area contributed by atoms with Gasteiger partial charge in [-0.3, -0.25) is 0 Å². The van der Waals surface area contributed by atoms with Crippen LogP contribution in [0.1, 0.15) is 5.82 Å². The second kappa shape index (κ2) is 8.56. The minimum Gasteiger partial charge on any atom is -0.482 e. The van der Waals surface area contributed by atoms with Gasteiger partial charge >= 0.3 is 5.97 Å². The van der Waals surface area contributed by atoms with E-state index < -0.39 is 11.8 Å². The Morgan fingerprint density at radius 3 is 2.52 bits per heavy atom. The first-order valence-corrected chi connectivity index (χ1v) is 7.95. The average molecular weight is 369 g/mol. The second-order valence-electron chi connectivity index (χ2n) is 5.33. The van der Waals surface area contributed by atoms with E-state index in [9.17, 15) is 9.18 Å². The van der Waals surface area contributed by atoms with Crippen molar-refractivity contribution in [1.82, 2.24) is 15.0 Å². The van der Waals surface area contributed by atoms with E-state index in [1.54, 1.807) is 0 Å². The molecule has 0 spiro atoms. The molecule has 2 aromatic carbocycles. The number of rotatable bonds is 7. The Balaban J connectivity index is 1.54. The number of anilines is 3. The third kappa shape index (κ3) is 5.63. The molecule has 0 atom stereocenters. The van der Waals surface area contributed by atoms with E-state index >= 15 is 0 Å². The third-order valence-electron chi connectivity index (χ3n) is 3.26.